The van der Waals surface area contributed by atoms with Gasteiger partial charge in [0.05, 0.1) is 6.26 Å². The van der Waals surface area contributed by atoms with Crippen molar-refractivity contribution in [3.05, 3.63) is 40.7 Å². The fourth-order valence-electron chi connectivity index (χ4n) is 2.05. The molecule has 1 aliphatic rings. The van der Waals surface area contributed by atoms with Crippen LogP contribution in [0.2, 0.25) is 5.15 Å². The monoisotopic (exact) mass is 277 g/mol. The number of aromatic nitrogens is 2. The quantitative estimate of drug-likeness (QED) is 0.802. The van der Waals surface area contributed by atoms with Crippen molar-refractivity contribution in [2.75, 3.05) is 11.9 Å². The van der Waals surface area contributed by atoms with Crippen LogP contribution >= 0.6 is 11.6 Å². The van der Waals surface area contributed by atoms with Gasteiger partial charge < -0.3 is 9.32 Å². The van der Waals surface area contributed by atoms with Gasteiger partial charge in [0, 0.05) is 31.1 Å². The molecular formula is C14H16ClN3O. The van der Waals surface area contributed by atoms with E-state index in [1.54, 1.807) is 6.26 Å². The highest BCUT2D eigenvalue weighted by Gasteiger charge is 2.27. The lowest BCUT2D eigenvalue weighted by Crippen LogP contribution is -2.18. The first-order valence-electron chi connectivity index (χ1n) is 6.42. The van der Waals surface area contributed by atoms with Crippen LogP contribution in [-0.2, 0) is 6.54 Å². The minimum atomic E-state index is 0.501. The zero-order valence-electron chi connectivity index (χ0n) is 11.1. The maximum absolute atomic E-state index is 6.08. The van der Waals surface area contributed by atoms with Crippen molar-refractivity contribution in [2.45, 2.75) is 32.2 Å². The van der Waals surface area contributed by atoms with Gasteiger partial charge >= 0.3 is 0 Å². The third-order valence-corrected chi connectivity index (χ3v) is 3.60. The highest BCUT2D eigenvalue weighted by atomic mass is 35.5. The van der Waals surface area contributed by atoms with E-state index in [1.165, 1.54) is 12.8 Å². The number of aryl methyl sites for hydroxylation is 1. The van der Waals surface area contributed by atoms with Crippen LogP contribution in [0, 0.1) is 6.92 Å². The molecule has 0 aromatic carbocycles. The second kappa shape index (κ2) is 4.85. The molecule has 0 spiro atoms. The van der Waals surface area contributed by atoms with Gasteiger partial charge in [-0.3, -0.25) is 0 Å². The Morgan fingerprint density at radius 2 is 2.21 bits per heavy atom. The van der Waals surface area contributed by atoms with Crippen LogP contribution in [0.3, 0.4) is 0 Å². The number of furan rings is 1. The summed E-state index contributed by atoms with van der Waals surface area (Å²) in [5, 5.41) is 0.516. The Bertz CT molecular complexity index is 592. The number of hydrogen-bond acceptors (Lipinski definition) is 4. The highest BCUT2D eigenvalue weighted by Crippen LogP contribution is 2.39. The molecule has 1 fully saturated rings. The van der Waals surface area contributed by atoms with E-state index in [9.17, 15) is 0 Å². The molecule has 4 nitrogen and oxygen atoms in total. The van der Waals surface area contributed by atoms with E-state index in [2.05, 4.69) is 14.9 Å². The van der Waals surface area contributed by atoms with Crippen LogP contribution in [0.15, 0.2) is 22.8 Å². The Kier molecular flexibility index (Phi) is 3.19. The van der Waals surface area contributed by atoms with E-state index in [0.29, 0.717) is 11.1 Å². The van der Waals surface area contributed by atoms with E-state index in [0.717, 1.165) is 29.5 Å². The Balaban J connectivity index is 1.82. The topological polar surface area (TPSA) is 42.2 Å². The summed E-state index contributed by atoms with van der Waals surface area (Å²) in [4.78, 5) is 11.0. The molecule has 5 heteroatoms. The summed E-state index contributed by atoms with van der Waals surface area (Å²) in [6.45, 7) is 2.71. The number of anilines is 1. The molecular weight excluding hydrogens is 262 g/mol. The standard InChI is InChI=1S/C14H16ClN3O/c1-9-11(5-6-19-9)8-18(2)13-7-12(15)16-14(17-13)10-3-4-10/h5-7,10H,3-4,8H2,1-2H3. The van der Waals surface area contributed by atoms with Gasteiger partial charge in [-0.2, -0.15) is 0 Å². The predicted octanol–water partition coefficient (Wildman–Crippen LogP) is 3.55. The number of halogens is 1. The molecule has 2 aromatic heterocycles. The number of nitrogens with zero attached hydrogens (tertiary/aromatic N) is 3. The maximum Gasteiger partial charge on any atom is 0.135 e. The lowest BCUT2D eigenvalue weighted by atomic mass is 10.2. The molecule has 1 aliphatic carbocycles. The van der Waals surface area contributed by atoms with Crippen LogP contribution in [0.4, 0.5) is 5.82 Å². The first kappa shape index (κ1) is 12.5. The second-order valence-electron chi connectivity index (χ2n) is 5.04. The van der Waals surface area contributed by atoms with E-state index >= 15 is 0 Å². The summed E-state index contributed by atoms with van der Waals surface area (Å²) < 4.78 is 5.31. The minimum absolute atomic E-state index is 0.501. The average Bonchev–Trinajstić information content (AvgIpc) is 3.15. The molecule has 0 radical (unpaired) electrons. The van der Waals surface area contributed by atoms with E-state index < -0.39 is 0 Å². The fraction of sp³-hybridized carbons (Fsp3) is 0.429. The summed E-state index contributed by atoms with van der Waals surface area (Å²) >= 11 is 6.08. The van der Waals surface area contributed by atoms with Crippen molar-refractivity contribution in [1.29, 1.82) is 0 Å². The predicted molar refractivity (Wildman–Crippen MR) is 74.6 cm³/mol. The van der Waals surface area contributed by atoms with Crippen LogP contribution in [0.5, 0.6) is 0 Å². The van der Waals surface area contributed by atoms with Crippen molar-refractivity contribution in [3.8, 4) is 0 Å². The molecule has 0 amide bonds. The Morgan fingerprint density at radius 1 is 1.42 bits per heavy atom. The average molecular weight is 278 g/mol. The third kappa shape index (κ3) is 2.73. The fourth-order valence-corrected chi connectivity index (χ4v) is 2.24. The molecule has 0 atom stereocenters. The molecule has 19 heavy (non-hydrogen) atoms. The van der Waals surface area contributed by atoms with Gasteiger partial charge in [-0.25, -0.2) is 9.97 Å². The van der Waals surface area contributed by atoms with Gasteiger partial charge in [0.15, 0.2) is 0 Å². The van der Waals surface area contributed by atoms with Crippen LogP contribution in [0.25, 0.3) is 0 Å². The maximum atomic E-state index is 6.08. The molecule has 100 valence electrons. The molecule has 0 N–H and O–H groups in total. The van der Waals surface area contributed by atoms with Crippen LogP contribution in [0.1, 0.15) is 35.9 Å². The smallest absolute Gasteiger partial charge is 0.135 e. The normalized spacial score (nSPS) is 14.7. The lowest BCUT2D eigenvalue weighted by Gasteiger charge is -2.18. The SMILES string of the molecule is Cc1occc1CN(C)c1cc(Cl)nc(C2CC2)n1. The zero-order chi connectivity index (χ0) is 13.4. The molecule has 0 unspecified atom stereocenters. The molecule has 0 aliphatic heterocycles. The van der Waals surface area contributed by atoms with Gasteiger partial charge in [0.25, 0.3) is 0 Å². The molecule has 0 bridgehead atoms. The van der Waals surface area contributed by atoms with E-state index in [1.807, 2.05) is 26.1 Å². The van der Waals surface area contributed by atoms with Gasteiger partial charge in [-0.15, -0.1) is 0 Å². The summed E-state index contributed by atoms with van der Waals surface area (Å²) in [7, 11) is 2.00. The van der Waals surface area contributed by atoms with Crippen molar-refractivity contribution in [2.24, 2.45) is 0 Å². The lowest BCUT2D eigenvalue weighted by molar-refractivity contribution is 0.529. The van der Waals surface area contributed by atoms with Crippen molar-refractivity contribution in [3.63, 3.8) is 0 Å². The second-order valence-corrected chi connectivity index (χ2v) is 5.43. The summed E-state index contributed by atoms with van der Waals surface area (Å²) in [5.74, 6) is 3.18. The van der Waals surface area contributed by atoms with Crippen LogP contribution in [-0.4, -0.2) is 17.0 Å². The number of rotatable bonds is 4. The van der Waals surface area contributed by atoms with Crippen molar-refractivity contribution >= 4 is 17.4 Å². The van der Waals surface area contributed by atoms with Gasteiger partial charge in [-0.05, 0) is 25.8 Å². The first-order chi connectivity index (χ1) is 9.13. The number of hydrogen-bond donors (Lipinski definition) is 0. The van der Waals surface area contributed by atoms with Crippen LogP contribution < -0.4 is 4.90 Å². The molecule has 1 saturated carbocycles. The Morgan fingerprint density at radius 3 is 2.84 bits per heavy atom. The van der Waals surface area contributed by atoms with E-state index in [4.69, 9.17) is 16.0 Å². The van der Waals surface area contributed by atoms with Crippen molar-refractivity contribution in [1.82, 2.24) is 9.97 Å². The summed E-state index contributed by atoms with van der Waals surface area (Å²) in [5.41, 5.74) is 1.16. The first-order valence-corrected chi connectivity index (χ1v) is 6.80. The molecule has 3 rings (SSSR count). The van der Waals surface area contributed by atoms with Crippen molar-refractivity contribution < 1.29 is 4.42 Å². The molecule has 2 aromatic rings. The Labute approximate surface area is 117 Å². The highest BCUT2D eigenvalue weighted by molar-refractivity contribution is 6.29. The largest absolute Gasteiger partial charge is 0.469 e. The Hall–Kier alpha value is -1.55. The molecule has 2 heterocycles. The third-order valence-electron chi connectivity index (χ3n) is 3.41. The van der Waals surface area contributed by atoms with Gasteiger partial charge in [-0.1, -0.05) is 11.6 Å². The summed E-state index contributed by atoms with van der Waals surface area (Å²) in [6.07, 6.45) is 4.05. The molecule has 0 saturated heterocycles. The van der Waals surface area contributed by atoms with Gasteiger partial charge in [0.2, 0.25) is 0 Å². The summed E-state index contributed by atoms with van der Waals surface area (Å²) in [6, 6.07) is 3.79. The van der Waals surface area contributed by atoms with Gasteiger partial charge in [0.1, 0.15) is 22.6 Å². The van der Waals surface area contributed by atoms with E-state index in [-0.39, 0.29) is 0 Å². The minimum Gasteiger partial charge on any atom is -0.469 e. The zero-order valence-corrected chi connectivity index (χ0v) is 11.8.